The SMILES string of the molecule is Cn1cc(C(=O)N2CCC(Oc3cccc4c(C5CCC(=O)NC5=O)nn(C)c34)CC2)c(C(F)(F)F)n1. The van der Waals surface area contributed by atoms with Gasteiger partial charge in [0.2, 0.25) is 11.8 Å². The predicted octanol–water partition coefficient (Wildman–Crippen LogP) is 2.53. The molecule has 1 N–H and O–H groups in total. The molecule has 3 amide bonds. The van der Waals surface area contributed by atoms with E-state index in [1.54, 1.807) is 23.9 Å². The van der Waals surface area contributed by atoms with Gasteiger partial charge in [-0.25, -0.2) is 0 Å². The van der Waals surface area contributed by atoms with Crippen molar-refractivity contribution in [3.05, 3.63) is 41.3 Å². The third-order valence-electron chi connectivity index (χ3n) is 6.78. The second-order valence-electron chi connectivity index (χ2n) is 9.34. The summed E-state index contributed by atoms with van der Waals surface area (Å²) in [6.45, 7) is 0.469. The molecule has 37 heavy (non-hydrogen) atoms. The van der Waals surface area contributed by atoms with E-state index in [2.05, 4.69) is 15.5 Å². The number of halogens is 3. The molecule has 1 atom stereocenters. The molecule has 3 aromatic rings. The minimum Gasteiger partial charge on any atom is -0.488 e. The molecule has 4 heterocycles. The van der Waals surface area contributed by atoms with E-state index in [0.717, 1.165) is 16.3 Å². The lowest BCUT2D eigenvalue weighted by Crippen LogP contribution is -2.42. The Balaban J connectivity index is 1.30. The van der Waals surface area contributed by atoms with Crippen LogP contribution in [0.5, 0.6) is 5.75 Å². The largest absolute Gasteiger partial charge is 0.488 e. The number of nitrogens with zero attached hydrogens (tertiary/aromatic N) is 5. The first-order chi connectivity index (χ1) is 17.5. The number of ether oxygens (including phenoxy) is 1. The Morgan fingerprint density at radius 2 is 1.84 bits per heavy atom. The topological polar surface area (TPSA) is 111 Å². The normalized spacial score (nSPS) is 19.4. The highest BCUT2D eigenvalue weighted by Crippen LogP contribution is 2.36. The predicted molar refractivity (Wildman–Crippen MR) is 124 cm³/mol. The summed E-state index contributed by atoms with van der Waals surface area (Å²) in [5, 5.41) is 11.1. The van der Waals surface area contributed by atoms with Crippen LogP contribution in [0.3, 0.4) is 0 Å². The summed E-state index contributed by atoms with van der Waals surface area (Å²) in [5.74, 6) is -1.36. The summed E-state index contributed by atoms with van der Waals surface area (Å²) in [5.41, 5.74) is -0.376. The maximum Gasteiger partial charge on any atom is 0.435 e. The summed E-state index contributed by atoms with van der Waals surface area (Å²) < 4.78 is 48.8. The van der Waals surface area contributed by atoms with Gasteiger partial charge in [0, 0.05) is 58.0 Å². The summed E-state index contributed by atoms with van der Waals surface area (Å²) >= 11 is 0. The van der Waals surface area contributed by atoms with Crippen LogP contribution in [0.15, 0.2) is 24.4 Å². The summed E-state index contributed by atoms with van der Waals surface area (Å²) in [4.78, 5) is 38.2. The van der Waals surface area contributed by atoms with Crippen molar-refractivity contribution >= 4 is 28.6 Å². The zero-order valence-corrected chi connectivity index (χ0v) is 20.2. The Hall–Kier alpha value is -3.90. The summed E-state index contributed by atoms with van der Waals surface area (Å²) in [7, 11) is 3.09. The fourth-order valence-corrected chi connectivity index (χ4v) is 5.02. The van der Waals surface area contributed by atoms with Crippen LogP contribution in [-0.4, -0.2) is 61.4 Å². The van der Waals surface area contributed by atoms with E-state index in [0.29, 0.717) is 36.2 Å². The molecule has 2 fully saturated rings. The molecular formula is C24H25F3N6O4. The molecule has 13 heteroatoms. The summed E-state index contributed by atoms with van der Waals surface area (Å²) in [6.07, 6.45) is -2.41. The number of hydrogen-bond donors (Lipinski definition) is 1. The van der Waals surface area contributed by atoms with Crippen LogP contribution >= 0.6 is 0 Å². The molecule has 0 radical (unpaired) electrons. The van der Waals surface area contributed by atoms with Crippen LogP contribution in [0.25, 0.3) is 10.9 Å². The average Bonchev–Trinajstić information content (AvgIpc) is 3.40. The zero-order chi connectivity index (χ0) is 26.5. The van der Waals surface area contributed by atoms with Crippen molar-refractivity contribution in [3.63, 3.8) is 0 Å². The fourth-order valence-electron chi connectivity index (χ4n) is 5.02. The lowest BCUT2D eigenvalue weighted by Gasteiger charge is -2.32. The van der Waals surface area contributed by atoms with Crippen molar-refractivity contribution < 1.29 is 32.3 Å². The van der Waals surface area contributed by atoms with Gasteiger partial charge in [-0.1, -0.05) is 12.1 Å². The number of nitrogens with one attached hydrogen (secondary N) is 1. The van der Waals surface area contributed by atoms with Crippen molar-refractivity contribution in [2.75, 3.05) is 13.1 Å². The second kappa shape index (κ2) is 9.20. The van der Waals surface area contributed by atoms with E-state index >= 15 is 0 Å². The number of carbonyl (C=O) groups excluding carboxylic acids is 3. The Kier molecular flexibility index (Phi) is 6.16. The van der Waals surface area contributed by atoms with Gasteiger partial charge in [-0.2, -0.15) is 23.4 Å². The van der Waals surface area contributed by atoms with E-state index < -0.39 is 29.3 Å². The van der Waals surface area contributed by atoms with E-state index in [1.807, 2.05) is 6.07 Å². The molecule has 5 rings (SSSR count). The molecule has 0 saturated carbocycles. The number of likely N-dealkylation sites (tertiary alicyclic amines) is 1. The number of benzene rings is 1. The molecule has 2 aliphatic rings. The Bertz CT molecular complexity index is 1390. The number of aromatic nitrogens is 4. The average molecular weight is 518 g/mol. The van der Waals surface area contributed by atoms with Crippen LogP contribution in [-0.2, 0) is 29.9 Å². The Morgan fingerprint density at radius 1 is 1.11 bits per heavy atom. The van der Waals surface area contributed by atoms with Gasteiger partial charge in [0.1, 0.15) is 17.4 Å². The molecule has 1 unspecified atom stereocenters. The smallest absolute Gasteiger partial charge is 0.435 e. The highest BCUT2D eigenvalue weighted by atomic mass is 19.4. The molecular weight excluding hydrogens is 493 g/mol. The fraction of sp³-hybridized carbons (Fsp3) is 0.458. The first kappa shape index (κ1) is 24.8. The van der Waals surface area contributed by atoms with E-state index in [9.17, 15) is 27.6 Å². The first-order valence-electron chi connectivity index (χ1n) is 11.9. The number of rotatable bonds is 4. The molecule has 10 nitrogen and oxygen atoms in total. The Labute approximate surface area is 209 Å². The van der Waals surface area contributed by atoms with Gasteiger partial charge in [0.15, 0.2) is 5.69 Å². The highest BCUT2D eigenvalue weighted by Gasteiger charge is 2.40. The quantitative estimate of drug-likeness (QED) is 0.532. The van der Waals surface area contributed by atoms with Crippen LogP contribution in [0.1, 0.15) is 53.3 Å². The molecule has 1 aromatic carbocycles. The van der Waals surface area contributed by atoms with Gasteiger partial charge in [0.05, 0.1) is 17.2 Å². The summed E-state index contributed by atoms with van der Waals surface area (Å²) in [6, 6.07) is 5.44. The van der Waals surface area contributed by atoms with Crippen molar-refractivity contribution in [1.82, 2.24) is 29.8 Å². The molecule has 2 saturated heterocycles. The number of carbonyl (C=O) groups is 3. The molecule has 0 aliphatic carbocycles. The van der Waals surface area contributed by atoms with E-state index in [1.165, 1.54) is 11.9 Å². The van der Waals surface area contributed by atoms with Gasteiger partial charge in [0.25, 0.3) is 5.91 Å². The van der Waals surface area contributed by atoms with Gasteiger partial charge in [-0.15, -0.1) is 0 Å². The third-order valence-corrected chi connectivity index (χ3v) is 6.78. The van der Waals surface area contributed by atoms with Crippen LogP contribution < -0.4 is 10.1 Å². The molecule has 0 spiro atoms. The molecule has 2 aromatic heterocycles. The standard InChI is InChI=1S/C24H25F3N6O4/c1-31-12-16(21(30-31)24(25,26)27)23(36)33-10-8-13(9-11-33)37-17-5-3-4-14-19(29-32(2)20(14)17)15-6-7-18(34)28-22(15)35/h3-5,12-13,15H,6-11H2,1-2H3,(H,28,34,35). The molecule has 196 valence electrons. The van der Waals surface area contributed by atoms with E-state index in [-0.39, 0.29) is 37.4 Å². The van der Waals surface area contributed by atoms with Crippen molar-refractivity contribution in [1.29, 1.82) is 0 Å². The van der Waals surface area contributed by atoms with Gasteiger partial charge in [-0.05, 0) is 12.5 Å². The van der Waals surface area contributed by atoms with Crippen LogP contribution in [0.2, 0.25) is 0 Å². The molecule has 2 aliphatic heterocycles. The second-order valence-corrected chi connectivity index (χ2v) is 9.34. The maximum absolute atomic E-state index is 13.3. The van der Waals surface area contributed by atoms with Crippen molar-refractivity contribution in [3.8, 4) is 5.75 Å². The first-order valence-corrected chi connectivity index (χ1v) is 11.9. The van der Waals surface area contributed by atoms with Gasteiger partial charge < -0.3 is 9.64 Å². The van der Waals surface area contributed by atoms with Gasteiger partial charge in [-0.3, -0.25) is 29.1 Å². The highest BCUT2D eigenvalue weighted by molar-refractivity contribution is 6.03. The van der Waals surface area contributed by atoms with Crippen LogP contribution in [0.4, 0.5) is 13.2 Å². The number of para-hydroxylation sites is 1. The van der Waals surface area contributed by atoms with E-state index in [4.69, 9.17) is 4.74 Å². The number of imide groups is 1. The number of alkyl halides is 3. The number of hydrogen-bond acceptors (Lipinski definition) is 6. The maximum atomic E-state index is 13.3. The van der Waals surface area contributed by atoms with Crippen molar-refractivity contribution in [2.24, 2.45) is 14.1 Å². The molecule has 0 bridgehead atoms. The number of aryl methyl sites for hydroxylation is 2. The Morgan fingerprint density at radius 3 is 2.51 bits per heavy atom. The third kappa shape index (κ3) is 4.65. The monoisotopic (exact) mass is 518 g/mol. The van der Waals surface area contributed by atoms with Crippen LogP contribution in [0, 0.1) is 0 Å². The lowest BCUT2D eigenvalue weighted by atomic mass is 9.93. The number of piperidine rings is 2. The lowest BCUT2D eigenvalue weighted by molar-refractivity contribution is -0.142. The van der Waals surface area contributed by atoms with Crippen molar-refractivity contribution in [2.45, 2.75) is 43.9 Å². The zero-order valence-electron chi connectivity index (χ0n) is 20.2. The van der Waals surface area contributed by atoms with Gasteiger partial charge >= 0.3 is 6.18 Å². The number of amides is 3. The minimum atomic E-state index is -4.72. The number of fused-ring (bicyclic) bond motifs is 1. The minimum absolute atomic E-state index is 0.235.